The molecule has 5 heteroatoms. The van der Waals surface area contributed by atoms with Crippen LogP contribution in [0.5, 0.6) is 0 Å². The van der Waals surface area contributed by atoms with Crippen molar-refractivity contribution in [3.05, 3.63) is 54.1 Å². The van der Waals surface area contributed by atoms with Crippen LogP contribution < -0.4 is 5.32 Å². The van der Waals surface area contributed by atoms with E-state index in [4.69, 9.17) is 0 Å². The molecule has 0 amide bonds. The molecule has 1 saturated heterocycles. The molecule has 0 radical (unpaired) electrons. The van der Waals surface area contributed by atoms with Gasteiger partial charge in [0.2, 0.25) is 0 Å². The van der Waals surface area contributed by atoms with Crippen molar-refractivity contribution in [2.45, 2.75) is 25.1 Å². The third-order valence-corrected chi connectivity index (χ3v) is 4.19. The minimum atomic E-state index is -0.606. The maximum Gasteiger partial charge on any atom is 0.123 e. The van der Waals surface area contributed by atoms with Crippen molar-refractivity contribution in [3.8, 4) is 0 Å². The van der Waals surface area contributed by atoms with Crippen molar-refractivity contribution in [1.82, 2.24) is 19.8 Å². The van der Waals surface area contributed by atoms with E-state index < -0.39 is 5.60 Å². The van der Waals surface area contributed by atoms with E-state index in [1.807, 2.05) is 25.5 Å². The third kappa shape index (κ3) is 3.74. The van der Waals surface area contributed by atoms with Crippen LogP contribution in [0, 0.1) is 0 Å². The lowest BCUT2D eigenvalue weighted by Crippen LogP contribution is -2.43. The van der Waals surface area contributed by atoms with Crippen LogP contribution in [0.2, 0.25) is 0 Å². The second kappa shape index (κ2) is 6.60. The van der Waals surface area contributed by atoms with Crippen molar-refractivity contribution < 1.29 is 5.11 Å². The van der Waals surface area contributed by atoms with Crippen molar-refractivity contribution in [3.63, 3.8) is 0 Å². The number of aromatic nitrogens is 2. The molecule has 0 saturated carbocycles. The quantitative estimate of drug-likeness (QED) is 0.838. The van der Waals surface area contributed by atoms with Gasteiger partial charge in [0, 0.05) is 32.0 Å². The third-order valence-electron chi connectivity index (χ3n) is 4.19. The van der Waals surface area contributed by atoms with E-state index >= 15 is 0 Å². The van der Waals surface area contributed by atoms with Gasteiger partial charge in [-0.25, -0.2) is 4.98 Å². The van der Waals surface area contributed by atoms with Crippen molar-refractivity contribution in [2.75, 3.05) is 26.7 Å². The standard InChI is InChI=1S/C17H24N4O/c1-20(14-17(22)7-8-18-13-17)12-16-19-9-10-21(16)11-15-5-3-2-4-6-15/h2-6,9-10,18,22H,7-8,11-14H2,1H3. The van der Waals surface area contributed by atoms with E-state index in [1.165, 1.54) is 5.56 Å². The number of rotatable bonds is 6. The highest BCUT2D eigenvalue weighted by Crippen LogP contribution is 2.16. The number of likely N-dealkylation sites (N-methyl/N-ethyl adjacent to an activating group) is 1. The number of aliphatic hydroxyl groups is 1. The molecule has 1 aliphatic heterocycles. The summed E-state index contributed by atoms with van der Waals surface area (Å²) in [4.78, 5) is 6.62. The molecule has 1 atom stereocenters. The zero-order valence-electron chi connectivity index (χ0n) is 13.1. The fourth-order valence-corrected chi connectivity index (χ4v) is 3.08. The summed E-state index contributed by atoms with van der Waals surface area (Å²) in [5.74, 6) is 1.03. The normalized spacial score (nSPS) is 21.6. The van der Waals surface area contributed by atoms with Gasteiger partial charge in [-0.3, -0.25) is 4.90 Å². The molecule has 2 aromatic rings. The van der Waals surface area contributed by atoms with Crippen LogP contribution in [0.3, 0.4) is 0 Å². The molecule has 0 bridgehead atoms. The summed E-state index contributed by atoms with van der Waals surface area (Å²) < 4.78 is 2.17. The largest absolute Gasteiger partial charge is 0.387 e. The maximum atomic E-state index is 10.5. The van der Waals surface area contributed by atoms with Crippen molar-refractivity contribution in [1.29, 1.82) is 0 Å². The minimum Gasteiger partial charge on any atom is -0.387 e. The van der Waals surface area contributed by atoms with Crippen LogP contribution in [-0.4, -0.2) is 51.8 Å². The van der Waals surface area contributed by atoms with Crippen LogP contribution in [0.1, 0.15) is 17.8 Å². The van der Waals surface area contributed by atoms with Crippen LogP contribution in [-0.2, 0) is 13.1 Å². The van der Waals surface area contributed by atoms with Gasteiger partial charge < -0.3 is 15.0 Å². The van der Waals surface area contributed by atoms with Crippen LogP contribution in [0.15, 0.2) is 42.7 Å². The molecule has 0 spiro atoms. The summed E-state index contributed by atoms with van der Waals surface area (Å²) >= 11 is 0. The number of nitrogens with zero attached hydrogens (tertiary/aromatic N) is 3. The highest BCUT2D eigenvalue weighted by atomic mass is 16.3. The van der Waals surface area contributed by atoms with E-state index in [2.05, 4.69) is 44.0 Å². The van der Waals surface area contributed by atoms with E-state index in [0.29, 0.717) is 13.1 Å². The predicted molar refractivity (Wildman–Crippen MR) is 86.5 cm³/mol. The number of nitrogens with one attached hydrogen (secondary N) is 1. The Labute approximate surface area is 131 Å². The number of β-amino-alcohol motifs (C(OH)–C–C–N with tert-alkyl or cyclic N) is 1. The number of benzene rings is 1. The van der Waals surface area contributed by atoms with Gasteiger partial charge in [-0.15, -0.1) is 0 Å². The topological polar surface area (TPSA) is 53.3 Å². The second-order valence-electron chi connectivity index (χ2n) is 6.28. The second-order valence-corrected chi connectivity index (χ2v) is 6.28. The average molecular weight is 300 g/mol. The molecule has 5 nitrogen and oxygen atoms in total. The Hall–Kier alpha value is -1.69. The van der Waals surface area contributed by atoms with Gasteiger partial charge >= 0.3 is 0 Å². The van der Waals surface area contributed by atoms with Crippen LogP contribution in [0.25, 0.3) is 0 Å². The summed E-state index contributed by atoms with van der Waals surface area (Å²) in [6, 6.07) is 10.4. The van der Waals surface area contributed by atoms with E-state index in [9.17, 15) is 5.11 Å². The molecule has 1 aliphatic rings. The average Bonchev–Trinajstić information content (AvgIpc) is 3.10. The van der Waals surface area contributed by atoms with Gasteiger partial charge in [0.15, 0.2) is 0 Å². The monoisotopic (exact) mass is 300 g/mol. The first-order chi connectivity index (χ1) is 10.6. The molecular formula is C17H24N4O. The molecule has 2 N–H and O–H groups in total. The molecule has 22 heavy (non-hydrogen) atoms. The SMILES string of the molecule is CN(Cc1nccn1Cc1ccccc1)CC1(O)CCNC1. The molecule has 3 rings (SSSR count). The van der Waals surface area contributed by atoms with Gasteiger partial charge in [-0.2, -0.15) is 0 Å². The number of hydrogen-bond donors (Lipinski definition) is 2. The number of hydrogen-bond acceptors (Lipinski definition) is 4. The Kier molecular flexibility index (Phi) is 4.57. The Balaban J connectivity index is 1.62. The minimum absolute atomic E-state index is 0.606. The first kappa shape index (κ1) is 15.2. The fraction of sp³-hybridized carbons (Fsp3) is 0.471. The molecule has 118 valence electrons. The first-order valence-corrected chi connectivity index (χ1v) is 7.80. The molecule has 1 unspecified atom stereocenters. The van der Waals surface area contributed by atoms with Crippen molar-refractivity contribution >= 4 is 0 Å². The predicted octanol–water partition coefficient (Wildman–Crippen LogP) is 1.09. The Bertz CT molecular complexity index is 590. The van der Waals surface area contributed by atoms with Gasteiger partial charge in [-0.1, -0.05) is 30.3 Å². The molecule has 1 aromatic heterocycles. The van der Waals surface area contributed by atoms with Gasteiger partial charge in [0.25, 0.3) is 0 Å². The summed E-state index contributed by atoms with van der Waals surface area (Å²) in [5.41, 5.74) is 0.661. The molecule has 0 aliphatic carbocycles. The summed E-state index contributed by atoms with van der Waals surface area (Å²) in [5, 5.41) is 13.7. The summed E-state index contributed by atoms with van der Waals surface area (Å²) in [7, 11) is 2.04. The highest BCUT2D eigenvalue weighted by molar-refractivity contribution is 5.15. The zero-order valence-corrected chi connectivity index (χ0v) is 13.1. The Morgan fingerprint density at radius 3 is 2.91 bits per heavy atom. The lowest BCUT2D eigenvalue weighted by molar-refractivity contribution is 0.0256. The van der Waals surface area contributed by atoms with E-state index in [0.717, 1.165) is 31.9 Å². The van der Waals surface area contributed by atoms with Crippen LogP contribution in [0.4, 0.5) is 0 Å². The summed E-state index contributed by atoms with van der Waals surface area (Å²) in [6.07, 6.45) is 4.68. The van der Waals surface area contributed by atoms with Crippen molar-refractivity contribution in [2.24, 2.45) is 0 Å². The Morgan fingerprint density at radius 2 is 2.18 bits per heavy atom. The fourth-order valence-electron chi connectivity index (χ4n) is 3.08. The molecule has 1 fully saturated rings. The van der Waals surface area contributed by atoms with Gasteiger partial charge in [0.05, 0.1) is 12.1 Å². The number of imidazole rings is 1. The lowest BCUT2D eigenvalue weighted by atomic mass is 10.0. The first-order valence-electron chi connectivity index (χ1n) is 7.80. The lowest BCUT2D eigenvalue weighted by Gasteiger charge is -2.27. The summed E-state index contributed by atoms with van der Waals surface area (Å²) in [6.45, 7) is 3.80. The van der Waals surface area contributed by atoms with E-state index in [1.54, 1.807) is 0 Å². The molecule has 1 aromatic carbocycles. The van der Waals surface area contributed by atoms with E-state index in [-0.39, 0.29) is 0 Å². The highest BCUT2D eigenvalue weighted by Gasteiger charge is 2.32. The molecular weight excluding hydrogens is 276 g/mol. The maximum absolute atomic E-state index is 10.5. The van der Waals surface area contributed by atoms with Gasteiger partial charge in [-0.05, 0) is 25.6 Å². The van der Waals surface area contributed by atoms with Crippen LogP contribution >= 0.6 is 0 Å². The Morgan fingerprint density at radius 1 is 1.36 bits per heavy atom. The smallest absolute Gasteiger partial charge is 0.123 e. The zero-order chi connectivity index (χ0) is 15.4. The van der Waals surface area contributed by atoms with Gasteiger partial charge in [0.1, 0.15) is 5.82 Å². The molecule has 2 heterocycles.